The molecule has 1 atom stereocenters. The van der Waals surface area contributed by atoms with E-state index in [0.717, 1.165) is 17.9 Å². The van der Waals surface area contributed by atoms with Crippen molar-refractivity contribution >= 4 is 16.6 Å². The van der Waals surface area contributed by atoms with Crippen LogP contribution in [0.25, 0.3) is 10.8 Å². The van der Waals surface area contributed by atoms with Crippen molar-refractivity contribution in [1.29, 1.82) is 0 Å². The van der Waals surface area contributed by atoms with E-state index in [4.69, 9.17) is 5.73 Å². The quantitative estimate of drug-likeness (QED) is 0.935. The molecule has 4 nitrogen and oxygen atoms in total. The summed E-state index contributed by atoms with van der Waals surface area (Å²) < 4.78 is 0. The SMILES string of the molecule is CN(CC1CCCN1C)c1ncc(CN)c2ccccc12. The first-order chi connectivity index (χ1) is 10.2. The summed E-state index contributed by atoms with van der Waals surface area (Å²) in [7, 11) is 4.36. The van der Waals surface area contributed by atoms with Crippen LogP contribution in [0.5, 0.6) is 0 Å². The van der Waals surface area contributed by atoms with E-state index in [2.05, 4.69) is 53.1 Å². The van der Waals surface area contributed by atoms with Crippen molar-refractivity contribution < 1.29 is 0 Å². The average Bonchev–Trinajstić information content (AvgIpc) is 2.91. The molecule has 2 heterocycles. The highest BCUT2D eigenvalue weighted by molar-refractivity contribution is 5.94. The second-order valence-corrected chi connectivity index (χ2v) is 6.01. The Bertz CT molecular complexity index is 625. The molecule has 2 N–H and O–H groups in total. The van der Waals surface area contributed by atoms with Gasteiger partial charge in [-0.2, -0.15) is 0 Å². The number of fused-ring (bicyclic) bond motifs is 1. The van der Waals surface area contributed by atoms with Crippen molar-refractivity contribution in [2.75, 3.05) is 32.1 Å². The van der Waals surface area contributed by atoms with E-state index in [1.807, 2.05) is 6.20 Å². The van der Waals surface area contributed by atoms with E-state index in [-0.39, 0.29) is 0 Å². The zero-order chi connectivity index (χ0) is 14.8. The molecule has 0 radical (unpaired) electrons. The molecule has 1 aromatic carbocycles. The molecule has 0 spiro atoms. The molecule has 1 aliphatic rings. The van der Waals surface area contributed by atoms with Gasteiger partial charge in [-0.3, -0.25) is 0 Å². The van der Waals surface area contributed by atoms with Gasteiger partial charge in [-0.25, -0.2) is 4.98 Å². The second kappa shape index (κ2) is 6.00. The van der Waals surface area contributed by atoms with Crippen molar-refractivity contribution in [2.24, 2.45) is 5.73 Å². The summed E-state index contributed by atoms with van der Waals surface area (Å²) in [5.74, 6) is 1.06. The van der Waals surface area contributed by atoms with Crippen molar-refractivity contribution in [3.8, 4) is 0 Å². The van der Waals surface area contributed by atoms with E-state index in [1.54, 1.807) is 0 Å². The Morgan fingerprint density at radius 2 is 2.10 bits per heavy atom. The van der Waals surface area contributed by atoms with Crippen LogP contribution >= 0.6 is 0 Å². The van der Waals surface area contributed by atoms with Crippen molar-refractivity contribution in [3.63, 3.8) is 0 Å². The van der Waals surface area contributed by atoms with Crippen LogP contribution < -0.4 is 10.6 Å². The summed E-state index contributed by atoms with van der Waals surface area (Å²) in [5, 5.41) is 2.42. The van der Waals surface area contributed by atoms with E-state index in [0.29, 0.717) is 12.6 Å². The van der Waals surface area contributed by atoms with Crippen molar-refractivity contribution in [2.45, 2.75) is 25.4 Å². The van der Waals surface area contributed by atoms with Crippen LogP contribution in [0.2, 0.25) is 0 Å². The number of hydrogen-bond donors (Lipinski definition) is 1. The van der Waals surface area contributed by atoms with Gasteiger partial charge in [-0.15, -0.1) is 0 Å². The summed E-state index contributed by atoms with van der Waals surface area (Å²) in [6.45, 7) is 2.76. The predicted molar refractivity (Wildman–Crippen MR) is 88.6 cm³/mol. The number of benzene rings is 1. The molecule has 4 heteroatoms. The third kappa shape index (κ3) is 2.74. The minimum Gasteiger partial charge on any atom is -0.358 e. The van der Waals surface area contributed by atoms with Crippen LogP contribution in [-0.2, 0) is 6.54 Å². The van der Waals surface area contributed by atoms with Gasteiger partial charge in [0.05, 0.1) is 0 Å². The molecular weight excluding hydrogens is 260 g/mol. The number of nitrogens with zero attached hydrogens (tertiary/aromatic N) is 3. The topological polar surface area (TPSA) is 45.4 Å². The molecule has 1 aliphatic heterocycles. The van der Waals surface area contributed by atoms with Crippen molar-refractivity contribution in [1.82, 2.24) is 9.88 Å². The molecule has 2 aromatic rings. The fourth-order valence-corrected chi connectivity index (χ4v) is 3.32. The van der Waals surface area contributed by atoms with E-state index in [1.165, 1.54) is 30.2 Å². The molecule has 1 aromatic heterocycles. The zero-order valence-electron chi connectivity index (χ0n) is 12.9. The van der Waals surface area contributed by atoms with Gasteiger partial charge in [-0.1, -0.05) is 24.3 Å². The van der Waals surface area contributed by atoms with Crippen molar-refractivity contribution in [3.05, 3.63) is 36.0 Å². The average molecular weight is 284 g/mol. The Kier molecular flexibility index (Phi) is 4.08. The molecule has 1 fully saturated rings. The number of pyridine rings is 1. The fraction of sp³-hybridized carbons (Fsp3) is 0.471. The third-order valence-electron chi connectivity index (χ3n) is 4.59. The summed E-state index contributed by atoms with van der Waals surface area (Å²) in [5.41, 5.74) is 6.94. The standard InChI is InChI=1S/C17H24N4/c1-20-9-5-6-14(20)12-21(2)17-16-8-4-3-7-15(16)13(10-18)11-19-17/h3-4,7-8,11,14H,5-6,9-10,12,18H2,1-2H3. The lowest BCUT2D eigenvalue weighted by Crippen LogP contribution is -2.37. The largest absolute Gasteiger partial charge is 0.358 e. The summed E-state index contributed by atoms with van der Waals surface area (Å²) >= 11 is 0. The fourth-order valence-electron chi connectivity index (χ4n) is 3.32. The normalized spacial score (nSPS) is 19.3. The lowest BCUT2D eigenvalue weighted by Gasteiger charge is -2.27. The highest BCUT2D eigenvalue weighted by Crippen LogP contribution is 2.27. The Labute approximate surface area is 126 Å². The Hall–Kier alpha value is -1.65. The van der Waals surface area contributed by atoms with Gasteiger partial charge in [0.15, 0.2) is 0 Å². The lowest BCUT2D eigenvalue weighted by molar-refractivity contribution is 0.314. The van der Waals surface area contributed by atoms with Crippen LogP contribution in [0.3, 0.4) is 0 Å². The lowest BCUT2D eigenvalue weighted by atomic mass is 10.1. The second-order valence-electron chi connectivity index (χ2n) is 6.01. The minimum atomic E-state index is 0.531. The maximum atomic E-state index is 5.83. The van der Waals surface area contributed by atoms with Gasteiger partial charge in [0, 0.05) is 37.8 Å². The maximum Gasteiger partial charge on any atom is 0.136 e. The van der Waals surface area contributed by atoms with Crippen LogP contribution in [0.15, 0.2) is 30.5 Å². The number of likely N-dealkylation sites (tertiary alicyclic amines) is 1. The highest BCUT2D eigenvalue weighted by Gasteiger charge is 2.23. The first-order valence-electron chi connectivity index (χ1n) is 7.68. The number of anilines is 1. The highest BCUT2D eigenvalue weighted by atomic mass is 15.2. The molecule has 3 rings (SSSR count). The number of nitrogens with two attached hydrogens (primary N) is 1. The number of likely N-dealkylation sites (N-methyl/N-ethyl adjacent to an activating group) is 2. The molecule has 0 amide bonds. The van der Waals surface area contributed by atoms with Gasteiger partial charge in [0.1, 0.15) is 5.82 Å². The van der Waals surface area contributed by atoms with Crippen LogP contribution in [0.1, 0.15) is 18.4 Å². The summed E-state index contributed by atoms with van der Waals surface area (Å²) in [6.07, 6.45) is 4.50. The number of aromatic nitrogens is 1. The zero-order valence-corrected chi connectivity index (χ0v) is 12.9. The van der Waals surface area contributed by atoms with E-state index >= 15 is 0 Å². The minimum absolute atomic E-state index is 0.531. The van der Waals surface area contributed by atoms with Crippen LogP contribution in [0, 0.1) is 0 Å². The molecule has 1 saturated heterocycles. The Morgan fingerprint density at radius 3 is 2.76 bits per heavy atom. The van der Waals surface area contributed by atoms with Gasteiger partial charge in [-0.05, 0) is 37.4 Å². The first kappa shape index (κ1) is 14.3. The van der Waals surface area contributed by atoms with Gasteiger partial charge >= 0.3 is 0 Å². The van der Waals surface area contributed by atoms with Gasteiger partial charge in [0.25, 0.3) is 0 Å². The monoisotopic (exact) mass is 284 g/mol. The molecule has 112 valence electrons. The molecule has 21 heavy (non-hydrogen) atoms. The molecule has 1 unspecified atom stereocenters. The third-order valence-corrected chi connectivity index (χ3v) is 4.59. The van der Waals surface area contributed by atoms with E-state index in [9.17, 15) is 0 Å². The molecular formula is C17H24N4. The molecule has 0 aliphatic carbocycles. The van der Waals surface area contributed by atoms with Gasteiger partial charge in [0.2, 0.25) is 0 Å². The van der Waals surface area contributed by atoms with Crippen LogP contribution in [0.4, 0.5) is 5.82 Å². The van der Waals surface area contributed by atoms with Crippen LogP contribution in [-0.4, -0.2) is 43.1 Å². The first-order valence-corrected chi connectivity index (χ1v) is 7.68. The van der Waals surface area contributed by atoms with E-state index < -0.39 is 0 Å². The number of rotatable bonds is 4. The summed E-state index contributed by atoms with van der Waals surface area (Å²) in [6, 6.07) is 9.05. The Balaban J connectivity index is 1.92. The molecule has 0 saturated carbocycles. The Morgan fingerprint density at radius 1 is 1.33 bits per heavy atom. The smallest absolute Gasteiger partial charge is 0.136 e. The predicted octanol–water partition coefficient (Wildman–Crippen LogP) is 2.22. The molecule has 0 bridgehead atoms. The maximum absolute atomic E-state index is 5.83. The van der Waals surface area contributed by atoms with Gasteiger partial charge < -0.3 is 15.5 Å². The number of hydrogen-bond acceptors (Lipinski definition) is 4. The summed E-state index contributed by atoms with van der Waals surface area (Å²) in [4.78, 5) is 9.41.